The lowest BCUT2D eigenvalue weighted by Crippen LogP contribution is -2.48. The Hall–Kier alpha value is -0.570. The van der Waals surface area contributed by atoms with Crippen molar-refractivity contribution < 1.29 is 4.79 Å². The summed E-state index contributed by atoms with van der Waals surface area (Å²) in [5.74, 6) is 2.29. The molecule has 3 N–H and O–H groups in total. The van der Waals surface area contributed by atoms with Crippen LogP contribution in [0.3, 0.4) is 0 Å². The number of carbonyl (C=O) groups excluding carboxylic acids is 1. The molecule has 3 nitrogen and oxygen atoms in total. The Morgan fingerprint density at radius 2 is 1.75 bits per heavy atom. The van der Waals surface area contributed by atoms with Crippen LogP contribution in [0.15, 0.2) is 0 Å². The Labute approximate surface area is 124 Å². The highest BCUT2D eigenvalue weighted by atomic mass is 16.2. The first-order chi connectivity index (χ1) is 9.51. The van der Waals surface area contributed by atoms with E-state index >= 15 is 0 Å². The topological polar surface area (TPSA) is 55.1 Å². The van der Waals surface area contributed by atoms with Gasteiger partial charge in [0, 0.05) is 18.0 Å². The quantitative estimate of drug-likeness (QED) is 0.834. The van der Waals surface area contributed by atoms with Gasteiger partial charge in [0.2, 0.25) is 5.91 Å². The van der Waals surface area contributed by atoms with Crippen LogP contribution in [0.25, 0.3) is 0 Å². The Morgan fingerprint density at radius 3 is 2.35 bits per heavy atom. The standard InChI is InChI=1S/C17H32N2O/c1-4-13-5-7-14(8-6-13)19-17(20)15-10-16(18)12(3)9-11(15)2/h11-16H,4-10,18H2,1-3H3,(H,19,20). The van der Waals surface area contributed by atoms with Crippen molar-refractivity contribution in [2.24, 2.45) is 29.4 Å². The zero-order valence-electron chi connectivity index (χ0n) is 13.4. The molecular weight excluding hydrogens is 248 g/mol. The molecule has 0 radical (unpaired) electrons. The Morgan fingerprint density at radius 1 is 1.10 bits per heavy atom. The zero-order valence-corrected chi connectivity index (χ0v) is 13.4. The second-order valence-corrected chi connectivity index (χ2v) is 7.33. The van der Waals surface area contributed by atoms with E-state index < -0.39 is 0 Å². The minimum Gasteiger partial charge on any atom is -0.353 e. The number of rotatable bonds is 3. The van der Waals surface area contributed by atoms with E-state index in [2.05, 4.69) is 26.1 Å². The predicted octanol–water partition coefficient (Wildman–Crippen LogP) is 3.08. The fraction of sp³-hybridized carbons (Fsp3) is 0.941. The summed E-state index contributed by atoms with van der Waals surface area (Å²) in [6.07, 6.45) is 8.10. The summed E-state index contributed by atoms with van der Waals surface area (Å²) >= 11 is 0. The van der Waals surface area contributed by atoms with Crippen LogP contribution in [-0.2, 0) is 4.79 Å². The van der Waals surface area contributed by atoms with Crippen LogP contribution >= 0.6 is 0 Å². The minimum atomic E-state index is 0.130. The molecule has 2 saturated carbocycles. The van der Waals surface area contributed by atoms with Crippen molar-refractivity contribution in [3.8, 4) is 0 Å². The number of nitrogens with two attached hydrogens (primary N) is 1. The molecule has 0 aromatic rings. The summed E-state index contributed by atoms with van der Waals surface area (Å²) in [5, 5.41) is 3.30. The van der Waals surface area contributed by atoms with Gasteiger partial charge in [-0.15, -0.1) is 0 Å². The zero-order chi connectivity index (χ0) is 14.7. The number of nitrogens with one attached hydrogen (secondary N) is 1. The third kappa shape index (κ3) is 3.75. The molecule has 0 aromatic carbocycles. The van der Waals surface area contributed by atoms with Crippen molar-refractivity contribution in [2.45, 2.75) is 77.8 Å². The SMILES string of the molecule is CCC1CCC(NC(=O)C2CC(N)C(C)CC2C)CC1. The second-order valence-electron chi connectivity index (χ2n) is 7.33. The fourth-order valence-corrected chi connectivity index (χ4v) is 4.07. The molecule has 2 aliphatic rings. The van der Waals surface area contributed by atoms with Crippen molar-refractivity contribution in [2.75, 3.05) is 0 Å². The lowest BCUT2D eigenvalue weighted by atomic mass is 9.72. The number of amides is 1. The third-order valence-corrected chi connectivity index (χ3v) is 5.79. The normalized spacial score (nSPS) is 42.2. The highest BCUT2D eigenvalue weighted by Crippen LogP contribution is 2.33. The van der Waals surface area contributed by atoms with Crippen molar-refractivity contribution >= 4 is 5.91 Å². The Kier molecular flexibility index (Phi) is 5.48. The molecule has 0 aliphatic heterocycles. The van der Waals surface area contributed by atoms with Crippen molar-refractivity contribution in [1.29, 1.82) is 0 Å². The van der Waals surface area contributed by atoms with Gasteiger partial charge in [0.15, 0.2) is 0 Å². The fourth-order valence-electron chi connectivity index (χ4n) is 4.07. The highest BCUT2D eigenvalue weighted by Gasteiger charge is 2.35. The summed E-state index contributed by atoms with van der Waals surface area (Å²) < 4.78 is 0. The van der Waals surface area contributed by atoms with Crippen molar-refractivity contribution in [1.82, 2.24) is 5.32 Å². The van der Waals surface area contributed by atoms with E-state index in [-0.39, 0.29) is 17.9 Å². The lowest BCUT2D eigenvalue weighted by Gasteiger charge is -2.37. The van der Waals surface area contributed by atoms with E-state index in [0.717, 1.165) is 31.6 Å². The first-order valence-corrected chi connectivity index (χ1v) is 8.57. The van der Waals surface area contributed by atoms with Gasteiger partial charge in [-0.3, -0.25) is 4.79 Å². The van der Waals surface area contributed by atoms with Crippen LogP contribution in [0.5, 0.6) is 0 Å². The maximum atomic E-state index is 12.5. The number of hydrogen-bond donors (Lipinski definition) is 2. The molecule has 0 saturated heterocycles. The number of carbonyl (C=O) groups is 1. The molecule has 2 fully saturated rings. The molecule has 0 heterocycles. The summed E-state index contributed by atoms with van der Waals surface area (Å²) in [6, 6.07) is 0.603. The van der Waals surface area contributed by atoms with Gasteiger partial charge in [-0.25, -0.2) is 0 Å². The van der Waals surface area contributed by atoms with E-state index in [9.17, 15) is 4.79 Å². The van der Waals surface area contributed by atoms with Crippen LogP contribution in [0, 0.1) is 23.7 Å². The Bertz CT molecular complexity index is 323. The predicted molar refractivity (Wildman–Crippen MR) is 83.2 cm³/mol. The van der Waals surface area contributed by atoms with Crippen molar-refractivity contribution in [3.63, 3.8) is 0 Å². The smallest absolute Gasteiger partial charge is 0.223 e. The van der Waals surface area contributed by atoms with Crippen LogP contribution in [-0.4, -0.2) is 18.0 Å². The molecular formula is C17H32N2O. The van der Waals surface area contributed by atoms with Gasteiger partial charge in [-0.1, -0.05) is 27.2 Å². The van der Waals surface area contributed by atoms with E-state index in [0.29, 0.717) is 17.9 Å². The first-order valence-electron chi connectivity index (χ1n) is 8.57. The van der Waals surface area contributed by atoms with Gasteiger partial charge in [0.05, 0.1) is 0 Å². The van der Waals surface area contributed by atoms with E-state index in [4.69, 9.17) is 5.73 Å². The maximum Gasteiger partial charge on any atom is 0.223 e. The molecule has 4 atom stereocenters. The van der Waals surface area contributed by atoms with Crippen molar-refractivity contribution in [3.05, 3.63) is 0 Å². The first kappa shape index (κ1) is 15.8. The van der Waals surface area contributed by atoms with Crippen LogP contribution < -0.4 is 11.1 Å². The average Bonchev–Trinajstić information content (AvgIpc) is 2.43. The summed E-state index contributed by atoms with van der Waals surface area (Å²) in [6.45, 7) is 6.69. The van der Waals surface area contributed by atoms with E-state index in [1.807, 2.05) is 0 Å². The summed E-state index contributed by atoms with van der Waals surface area (Å²) in [5.41, 5.74) is 6.16. The Balaban J connectivity index is 1.82. The van der Waals surface area contributed by atoms with E-state index in [1.54, 1.807) is 0 Å². The van der Waals surface area contributed by atoms with Gasteiger partial charge in [0.25, 0.3) is 0 Å². The van der Waals surface area contributed by atoms with E-state index in [1.165, 1.54) is 19.3 Å². The molecule has 0 bridgehead atoms. The molecule has 20 heavy (non-hydrogen) atoms. The molecule has 116 valence electrons. The van der Waals surface area contributed by atoms with Crippen LogP contribution in [0.1, 0.15) is 65.7 Å². The van der Waals surface area contributed by atoms with Gasteiger partial charge >= 0.3 is 0 Å². The van der Waals surface area contributed by atoms with Crippen LogP contribution in [0.2, 0.25) is 0 Å². The van der Waals surface area contributed by atoms with Crippen LogP contribution in [0.4, 0.5) is 0 Å². The molecule has 0 aromatic heterocycles. The molecule has 2 aliphatic carbocycles. The molecule has 3 heteroatoms. The molecule has 0 spiro atoms. The molecule has 2 rings (SSSR count). The van der Waals surface area contributed by atoms with Gasteiger partial charge in [0.1, 0.15) is 0 Å². The third-order valence-electron chi connectivity index (χ3n) is 5.79. The van der Waals surface area contributed by atoms with Gasteiger partial charge < -0.3 is 11.1 Å². The summed E-state index contributed by atoms with van der Waals surface area (Å²) in [4.78, 5) is 12.5. The largest absolute Gasteiger partial charge is 0.353 e. The monoisotopic (exact) mass is 280 g/mol. The molecule has 4 unspecified atom stereocenters. The van der Waals surface area contributed by atoms with Gasteiger partial charge in [-0.05, 0) is 56.3 Å². The second kappa shape index (κ2) is 6.93. The lowest BCUT2D eigenvalue weighted by molar-refractivity contribution is -0.129. The molecule has 1 amide bonds. The number of hydrogen-bond acceptors (Lipinski definition) is 2. The summed E-state index contributed by atoms with van der Waals surface area (Å²) in [7, 11) is 0. The van der Waals surface area contributed by atoms with Gasteiger partial charge in [-0.2, -0.15) is 0 Å². The minimum absolute atomic E-state index is 0.130. The average molecular weight is 280 g/mol. The highest BCUT2D eigenvalue weighted by molar-refractivity contribution is 5.79. The maximum absolute atomic E-state index is 12.5.